The van der Waals surface area contributed by atoms with Gasteiger partial charge in [-0.2, -0.15) is 0 Å². The first-order valence-electron chi connectivity index (χ1n) is 8.48. The largest absolute Gasteiger partial charge is 0.382 e. The highest BCUT2D eigenvalue weighted by molar-refractivity contribution is 7.53. The minimum absolute atomic E-state index is 0.0679. The summed E-state index contributed by atoms with van der Waals surface area (Å²) in [6.45, 7) is 12.1. The van der Waals surface area contributed by atoms with Crippen molar-refractivity contribution in [3.63, 3.8) is 0 Å². The minimum Gasteiger partial charge on any atom is -0.382 e. The predicted molar refractivity (Wildman–Crippen MR) is 91.7 cm³/mol. The second-order valence-corrected chi connectivity index (χ2v) is 8.55. The standard InChI is InChI=1S/C16H33O7P/c1-11(2)20-10-14-16(23-24(7,17)22-12(3)4)15(13(5)21-14)19-9-8-18-6/h11-16H,8-10H2,1-7H3/t13-,14+,15-,16+,24?/m0/s1. The third kappa shape index (κ3) is 7.48. The van der Waals surface area contributed by atoms with Gasteiger partial charge in [-0.1, -0.05) is 0 Å². The van der Waals surface area contributed by atoms with Gasteiger partial charge in [0.05, 0.1) is 38.1 Å². The van der Waals surface area contributed by atoms with E-state index in [2.05, 4.69) is 0 Å². The summed E-state index contributed by atoms with van der Waals surface area (Å²) < 4.78 is 46.3. The summed E-state index contributed by atoms with van der Waals surface area (Å²) in [4.78, 5) is 0. The van der Waals surface area contributed by atoms with Crippen LogP contribution in [0.1, 0.15) is 34.6 Å². The monoisotopic (exact) mass is 368 g/mol. The Kier molecular flexibility index (Phi) is 9.38. The molecule has 0 aromatic heterocycles. The number of ether oxygens (including phenoxy) is 4. The molecule has 24 heavy (non-hydrogen) atoms. The summed E-state index contributed by atoms with van der Waals surface area (Å²) in [5.74, 6) is 0. The zero-order valence-corrected chi connectivity index (χ0v) is 16.8. The van der Waals surface area contributed by atoms with Crippen molar-refractivity contribution in [1.82, 2.24) is 0 Å². The van der Waals surface area contributed by atoms with E-state index < -0.39 is 13.7 Å². The average Bonchev–Trinajstić information content (AvgIpc) is 2.71. The van der Waals surface area contributed by atoms with Crippen molar-refractivity contribution >= 4 is 7.60 Å². The Morgan fingerprint density at radius 1 is 1.08 bits per heavy atom. The molecule has 1 saturated heterocycles. The van der Waals surface area contributed by atoms with Gasteiger partial charge in [0.2, 0.25) is 0 Å². The van der Waals surface area contributed by atoms with Crippen molar-refractivity contribution in [3.05, 3.63) is 0 Å². The van der Waals surface area contributed by atoms with Gasteiger partial charge in [0.25, 0.3) is 0 Å². The van der Waals surface area contributed by atoms with Crippen molar-refractivity contribution in [2.75, 3.05) is 33.6 Å². The van der Waals surface area contributed by atoms with Gasteiger partial charge in [-0.05, 0) is 34.6 Å². The Morgan fingerprint density at radius 3 is 2.29 bits per heavy atom. The summed E-state index contributed by atoms with van der Waals surface area (Å²) in [5.41, 5.74) is 0. The highest BCUT2D eigenvalue weighted by atomic mass is 31.2. The van der Waals surface area contributed by atoms with Gasteiger partial charge < -0.3 is 23.5 Å². The second-order valence-electron chi connectivity index (χ2n) is 6.59. The van der Waals surface area contributed by atoms with Crippen LogP contribution in [0.4, 0.5) is 0 Å². The van der Waals surface area contributed by atoms with Crippen LogP contribution >= 0.6 is 7.60 Å². The Hall–Kier alpha value is -0.0100. The molecule has 1 unspecified atom stereocenters. The van der Waals surface area contributed by atoms with Crippen LogP contribution in [0.15, 0.2) is 0 Å². The molecular weight excluding hydrogens is 335 g/mol. The van der Waals surface area contributed by atoms with Gasteiger partial charge in [-0.15, -0.1) is 0 Å². The molecule has 1 rings (SSSR count). The molecule has 0 aromatic rings. The molecule has 1 heterocycles. The van der Waals surface area contributed by atoms with E-state index in [1.165, 1.54) is 6.66 Å². The Morgan fingerprint density at radius 2 is 1.75 bits per heavy atom. The Bertz CT molecular complexity index is 402. The maximum atomic E-state index is 12.6. The van der Waals surface area contributed by atoms with Gasteiger partial charge >= 0.3 is 7.60 Å². The first-order chi connectivity index (χ1) is 11.2. The van der Waals surface area contributed by atoms with E-state index in [4.69, 9.17) is 28.0 Å². The van der Waals surface area contributed by atoms with Crippen LogP contribution in [0, 0.1) is 0 Å². The van der Waals surface area contributed by atoms with E-state index in [1.54, 1.807) is 7.11 Å². The molecule has 0 amide bonds. The zero-order valence-electron chi connectivity index (χ0n) is 15.9. The SMILES string of the molecule is COCCO[C@@H]1[C@H](OP(C)(=O)OC(C)C)[C@@H](COC(C)C)O[C@H]1C. The van der Waals surface area contributed by atoms with Gasteiger partial charge in [-0.25, -0.2) is 0 Å². The Balaban J connectivity index is 2.81. The van der Waals surface area contributed by atoms with Gasteiger partial charge in [0.15, 0.2) is 0 Å². The fraction of sp³-hybridized carbons (Fsp3) is 1.00. The van der Waals surface area contributed by atoms with Crippen LogP contribution < -0.4 is 0 Å². The molecule has 0 spiro atoms. The van der Waals surface area contributed by atoms with E-state index in [0.717, 1.165) is 0 Å². The second kappa shape index (κ2) is 10.2. The van der Waals surface area contributed by atoms with Gasteiger partial charge in [-0.3, -0.25) is 9.09 Å². The van der Waals surface area contributed by atoms with Crippen molar-refractivity contribution in [2.45, 2.75) is 71.2 Å². The molecule has 0 saturated carbocycles. The average molecular weight is 368 g/mol. The van der Waals surface area contributed by atoms with E-state index in [0.29, 0.717) is 19.8 Å². The summed E-state index contributed by atoms with van der Waals surface area (Å²) >= 11 is 0. The minimum atomic E-state index is -3.23. The van der Waals surface area contributed by atoms with Crippen LogP contribution in [0.3, 0.4) is 0 Å². The number of rotatable bonds is 11. The summed E-state index contributed by atoms with van der Waals surface area (Å²) in [5, 5.41) is 0. The third-order valence-corrected chi connectivity index (χ3v) is 4.88. The molecule has 0 bridgehead atoms. The summed E-state index contributed by atoms with van der Waals surface area (Å²) in [6, 6.07) is 0. The van der Waals surface area contributed by atoms with Crippen LogP contribution in [-0.4, -0.2) is 70.2 Å². The van der Waals surface area contributed by atoms with Crippen molar-refractivity contribution in [2.24, 2.45) is 0 Å². The molecule has 1 aliphatic rings. The van der Waals surface area contributed by atoms with E-state index in [9.17, 15) is 4.57 Å². The topological polar surface area (TPSA) is 72.5 Å². The molecular formula is C16H33O7P. The number of hydrogen-bond donors (Lipinski definition) is 0. The molecule has 8 heteroatoms. The molecule has 0 radical (unpaired) electrons. The highest BCUT2D eigenvalue weighted by Gasteiger charge is 2.47. The Labute approximate surface area is 145 Å². The maximum Gasteiger partial charge on any atom is 0.328 e. The van der Waals surface area contributed by atoms with Crippen molar-refractivity contribution in [3.8, 4) is 0 Å². The molecule has 1 fully saturated rings. The number of hydrogen-bond acceptors (Lipinski definition) is 7. The molecule has 7 nitrogen and oxygen atoms in total. The van der Waals surface area contributed by atoms with E-state index >= 15 is 0 Å². The summed E-state index contributed by atoms with van der Waals surface area (Å²) in [7, 11) is -1.62. The van der Waals surface area contributed by atoms with Crippen LogP contribution in [-0.2, 0) is 32.6 Å². The fourth-order valence-electron chi connectivity index (χ4n) is 2.59. The van der Waals surface area contributed by atoms with Crippen molar-refractivity contribution in [1.29, 1.82) is 0 Å². The third-order valence-electron chi connectivity index (χ3n) is 3.45. The quantitative estimate of drug-likeness (QED) is 0.410. The van der Waals surface area contributed by atoms with Crippen LogP contribution in [0.2, 0.25) is 0 Å². The first-order valence-corrected chi connectivity index (χ1v) is 10.5. The lowest BCUT2D eigenvalue weighted by atomic mass is 10.1. The highest BCUT2D eigenvalue weighted by Crippen LogP contribution is 2.49. The molecule has 5 atom stereocenters. The van der Waals surface area contributed by atoms with Crippen molar-refractivity contribution < 1.29 is 32.6 Å². The van der Waals surface area contributed by atoms with Crippen LogP contribution in [0.5, 0.6) is 0 Å². The lowest BCUT2D eigenvalue weighted by molar-refractivity contribution is -0.0533. The first kappa shape index (κ1) is 22.0. The normalized spacial score (nSPS) is 30.2. The van der Waals surface area contributed by atoms with Gasteiger partial charge in [0.1, 0.15) is 18.3 Å². The fourth-order valence-corrected chi connectivity index (χ4v) is 4.10. The summed E-state index contributed by atoms with van der Waals surface area (Å²) in [6.07, 6.45) is -1.57. The smallest absolute Gasteiger partial charge is 0.328 e. The van der Waals surface area contributed by atoms with Gasteiger partial charge in [0, 0.05) is 13.8 Å². The maximum absolute atomic E-state index is 12.6. The molecule has 0 aliphatic carbocycles. The van der Waals surface area contributed by atoms with Crippen LogP contribution in [0.25, 0.3) is 0 Å². The molecule has 144 valence electrons. The van der Waals surface area contributed by atoms with E-state index in [-0.39, 0.29) is 30.5 Å². The molecule has 0 N–H and O–H groups in total. The predicted octanol–water partition coefficient (Wildman–Crippen LogP) is 2.86. The molecule has 1 aliphatic heterocycles. The lowest BCUT2D eigenvalue weighted by Gasteiger charge is -2.28. The number of methoxy groups -OCH3 is 1. The molecule has 0 aromatic carbocycles. The van der Waals surface area contributed by atoms with E-state index in [1.807, 2.05) is 34.6 Å². The lowest BCUT2D eigenvalue weighted by Crippen LogP contribution is -2.39. The zero-order chi connectivity index (χ0) is 18.3.